The van der Waals surface area contributed by atoms with Gasteiger partial charge in [-0.25, -0.2) is 4.79 Å². The summed E-state index contributed by atoms with van der Waals surface area (Å²) in [5.41, 5.74) is 1.34. The zero-order chi connectivity index (χ0) is 21.8. The highest BCUT2D eigenvalue weighted by Gasteiger charge is 2.36. The molecule has 0 radical (unpaired) electrons. The van der Waals surface area contributed by atoms with Gasteiger partial charge in [0.05, 0.1) is 11.8 Å². The standard InChI is InChI=1S/C23H36N2O4/c1-15(2)20-12-18(10-11-25(20)22(27)29-23(5,6)7)17-8-9-19(24-14-26)21(13-17)28-16(3)4/h8-9,13-16,18,20H,10-12H2,1-7H3,(H,24,26)/t18-,20-/m0/s1. The van der Waals surface area contributed by atoms with Crippen molar-refractivity contribution in [2.24, 2.45) is 5.92 Å². The molecule has 1 aromatic carbocycles. The van der Waals surface area contributed by atoms with E-state index >= 15 is 0 Å². The van der Waals surface area contributed by atoms with Gasteiger partial charge in [0.1, 0.15) is 11.4 Å². The van der Waals surface area contributed by atoms with Gasteiger partial charge < -0.3 is 19.7 Å². The van der Waals surface area contributed by atoms with Gasteiger partial charge in [-0.05, 0) is 77.0 Å². The first-order valence-corrected chi connectivity index (χ1v) is 10.5. The Morgan fingerprint density at radius 3 is 2.48 bits per heavy atom. The summed E-state index contributed by atoms with van der Waals surface area (Å²) in [7, 11) is 0. The first kappa shape index (κ1) is 23.0. The van der Waals surface area contributed by atoms with Crippen LogP contribution in [0.1, 0.15) is 72.8 Å². The molecule has 1 aromatic rings. The molecule has 2 rings (SSSR count). The van der Waals surface area contributed by atoms with Crippen LogP contribution in [0.4, 0.5) is 10.5 Å². The number of ether oxygens (including phenoxy) is 2. The van der Waals surface area contributed by atoms with E-state index in [1.54, 1.807) is 0 Å². The highest BCUT2D eigenvalue weighted by Crippen LogP contribution is 2.38. The minimum atomic E-state index is -0.500. The maximum absolute atomic E-state index is 12.7. The summed E-state index contributed by atoms with van der Waals surface area (Å²) in [4.78, 5) is 25.5. The summed E-state index contributed by atoms with van der Waals surface area (Å²) in [5.74, 6) is 1.33. The van der Waals surface area contributed by atoms with Gasteiger partial charge in [0.25, 0.3) is 0 Å². The number of hydrogen-bond acceptors (Lipinski definition) is 4. The van der Waals surface area contributed by atoms with E-state index in [0.717, 1.165) is 12.8 Å². The Kier molecular flexibility index (Phi) is 7.55. The molecule has 0 saturated carbocycles. The summed E-state index contributed by atoms with van der Waals surface area (Å²) >= 11 is 0. The lowest BCUT2D eigenvalue weighted by atomic mass is 9.81. The van der Waals surface area contributed by atoms with E-state index in [4.69, 9.17) is 9.47 Å². The van der Waals surface area contributed by atoms with Crippen LogP contribution in [0.2, 0.25) is 0 Å². The molecule has 6 nitrogen and oxygen atoms in total. The fraction of sp³-hybridized carbons (Fsp3) is 0.652. The Morgan fingerprint density at radius 2 is 1.93 bits per heavy atom. The topological polar surface area (TPSA) is 67.9 Å². The lowest BCUT2D eigenvalue weighted by Gasteiger charge is -2.42. The summed E-state index contributed by atoms with van der Waals surface area (Å²) in [6, 6.07) is 6.08. The summed E-state index contributed by atoms with van der Waals surface area (Å²) in [6.07, 6.45) is 2.18. The number of rotatable bonds is 6. The maximum Gasteiger partial charge on any atom is 0.410 e. The normalized spacial score (nSPS) is 20.0. The van der Waals surface area contributed by atoms with Crippen LogP contribution in [0, 0.1) is 5.92 Å². The van der Waals surface area contributed by atoms with Gasteiger partial charge in [-0.2, -0.15) is 0 Å². The number of likely N-dealkylation sites (tertiary alicyclic amines) is 1. The van der Waals surface area contributed by atoms with Gasteiger partial charge in [0.15, 0.2) is 0 Å². The predicted octanol–water partition coefficient (Wildman–Crippen LogP) is 5.18. The summed E-state index contributed by atoms with van der Waals surface area (Å²) in [5, 5.41) is 2.71. The van der Waals surface area contributed by atoms with Crippen molar-refractivity contribution in [3.05, 3.63) is 23.8 Å². The van der Waals surface area contributed by atoms with Gasteiger partial charge in [0, 0.05) is 12.6 Å². The van der Waals surface area contributed by atoms with Gasteiger partial charge in [0.2, 0.25) is 6.41 Å². The van der Waals surface area contributed by atoms with E-state index in [9.17, 15) is 9.59 Å². The van der Waals surface area contributed by atoms with Crippen LogP contribution < -0.4 is 10.1 Å². The molecule has 1 aliphatic rings. The van der Waals surface area contributed by atoms with Crippen LogP contribution in [0.5, 0.6) is 5.75 Å². The van der Waals surface area contributed by atoms with Gasteiger partial charge in [-0.3, -0.25) is 4.79 Å². The number of benzene rings is 1. The van der Waals surface area contributed by atoms with E-state index in [0.29, 0.717) is 36.2 Å². The van der Waals surface area contributed by atoms with E-state index in [2.05, 4.69) is 19.2 Å². The molecule has 1 saturated heterocycles. The Morgan fingerprint density at radius 1 is 1.24 bits per heavy atom. The average molecular weight is 405 g/mol. The number of carbonyl (C=O) groups excluding carboxylic acids is 2. The van der Waals surface area contributed by atoms with Crippen LogP contribution in [0.25, 0.3) is 0 Å². The molecule has 29 heavy (non-hydrogen) atoms. The lowest BCUT2D eigenvalue weighted by molar-refractivity contribution is -0.105. The van der Waals surface area contributed by atoms with E-state index in [-0.39, 0.29) is 18.2 Å². The zero-order valence-electron chi connectivity index (χ0n) is 18.8. The Balaban J connectivity index is 2.22. The molecule has 2 atom stereocenters. The third-order valence-electron chi connectivity index (χ3n) is 5.10. The molecule has 162 valence electrons. The second-order valence-electron chi connectivity index (χ2n) is 9.39. The number of anilines is 1. The second-order valence-corrected chi connectivity index (χ2v) is 9.39. The smallest absolute Gasteiger partial charge is 0.410 e. The van der Waals surface area contributed by atoms with Crippen LogP contribution in [-0.4, -0.2) is 41.7 Å². The third kappa shape index (κ3) is 6.38. The fourth-order valence-corrected chi connectivity index (χ4v) is 3.81. The molecule has 0 unspecified atom stereocenters. The van der Waals surface area contributed by atoms with Crippen molar-refractivity contribution >= 4 is 18.2 Å². The van der Waals surface area contributed by atoms with E-state index < -0.39 is 5.60 Å². The predicted molar refractivity (Wildman–Crippen MR) is 115 cm³/mol. The molecule has 1 fully saturated rings. The minimum Gasteiger partial charge on any atom is -0.489 e. The minimum absolute atomic E-state index is 0.00915. The molecule has 1 N–H and O–H groups in total. The Bertz CT molecular complexity index is 709. The second kappa shape index (κ2) is 9.51. The largest absolute Gasteiger partial charge is 0.489 e. The molecule has 2 amide bonds. The van der Waals surface area contributed by atoms with Gasteiger partial charge in [-0.15, -0.1) is 0 Å². The molecule has 0 aliphatic carbocycles. The Labute approximate surface area is 174 Å². The molecule has 0 spiro atoms. The average Bonchev–Trinajstić information content (AvgIpc) is 2.61. The number of nitrogens with one attached hydrogen (secondary N) is 1. The summed E-state index contributed by atoms with van der Waals surface area (Å²) in [6.45, 7) is 14.6. The molecule has 0 aromatic heterocycles. The Hall–Kier alpha value is -2.24. The molecule has 0 bridgehead atoms. The number of piperidine rings is 1. The number of hydrogen-bond donors (Lipinski definition) is 1. The first-order chi connectivity index (χ1) is 13.5. The van der Waals surface area contributed by atoms with Crippen LogP contribution in [0.15, 0.2) is 18.2 Å². The quantitative estimate of drug-likeness (QED) is 0.663. The maximum atomic E-state index is 12.7. The lowest BCUT2D eigenvalue weighted by Crippen LogP contribution is -2.49. The van der Waals surface area contributed by atoms with Crippen LogP contribution in [-0.2, 0) is 9.53 Å². The van der Waals surface area contributed by atoms with E-state index in [1.807, 2.05) is 57.7 Å². The van der Waals surface area contributed by atoms with Crippen molar-refractivity contribution in [3.8, 4) is 5.75 Å². The van der Waals surface area contributed by atoms with Crippen molar-refractivity contribution in [2.75, 3.05) is 11.9 Å². The van der Waals surface area contributed by atoms with Crippen molar-refractivity contribution in [3.63, 3.8) is 0 Å². The van der Waals surface area contributed by atoms with Crippen LogP contribution in [0.3, 0.4) is 0 Å². The van der Waals surface area contributed by atoms with Crippen molar-refractivity contribution in [1.82, 2.24) is 4.90 Å². The molecular weight excluding hydrogens is 368 g/mol. The van der Waals surface area contributed by atoms with E-state index in [1.165, 1.54) is 5.56 Å². The van der Waals surface area contributed by atoms with Gasteiger partial charge >= 0.3 is 6.09 Å². The summed E-state index contributed by atoms with van der Waals surface area (Å²) < 4.78 is 11.5. The highest BCUT2D eigenvalue weighted by atomic mass is 16.6. The molecule has 1 aliphatic heterocycles. The van der Waals surface area contributed by atoms with Crippen molar-refractivity contribution in [1.29, 1.82) is 0 Å². The monoisotopic (exact) mass is 404 g/mol. The molecule has 1 heterocycles. The first-order valence-electron chi connectivity index (χ1n) is 10.5. The van der Waals surface area contributed by atoms with Crippen LogP contribution >= 0.6 is 0 Å². The number of amides is 2. The SMILES string of the molecule is CC(C)Oc1cc([C@H]2CCN(C(=O)OC(C)(C)C)[C@H](C(C)C)C2)ccc1NC=O. The third-order valence-corrected chi connectivity index (χ3v) is 5.10. The van der Waals surface area contributed by atoms with Gasteiger partial charge in [-0.1, -0.05) is 19.9 Å². The molecular formula is C23H36N2O4. The fourth-order valence-electron chi connectivity index (χ4n) is 3.81. The van der Waals surface area contributed by atoms with Crippen molar-refractivity contribution < 1.29 is 19.1 Å². The highest BCUT2D eigenvalue weighted by molar-refractivity contribution is 5.75. The number of carbonyl (C=O) groups is 2. The molecule has 6 heteroatoms. The zero-order valence-corrected chi connectivity index (χ0v) is 18.8. The van der Waals surface area contributed by atoms with Crippen molar-refractivity contribution in [2.45, 2.75) is 85.0 Å². The number of nitrogens with zero attached hydrogens (tertiary/aromatic N) is 1.